The van der Waals surface area contributed by atoms with Crippen LogP contribution in [0, 0.1) is 0 Å². The highest BCUT2D eigenvalue weighted by molar-refractivity contribution is 6.75. The summed E-state index contributed by atoms with van der Waals surface area (Å²) in [5.41, 5.74) is 0. The Morgan fingerprint density at radius 2 is 1.13 bits per heavy atom. The molecule has 0 heterocycles. The fourth-order valence-corrected chi connectivity index (χ4v) is 4.20. The molecule has 0 N–H and O–H groups in total. The van der Waals surface area contributed by atoms with Crippen LogP contribution in [0.2, 0.25) is 36.3 Å². The number of hydrogen-bond acceptors (Lipinski definition) is 4. The van der Waals surface area contributed by atoms with Crippen LogP contribution in [0.4, 0.5) is 0 Å². The average molecular weight is 457 g/mol. The lowest BCUT2D eigenvalue weighted by Gasteiger charge is -2.35. The SMILES string of the molecule is CC(C)(C)[Si](C)(C)OC(=O)/C=C/CCCCCCCCC(=O)O[Si](C)(C)C(C)(C)C. The normalized spacial score (nSPS) is 13.5. The van der Waals surface area contributed by atoms with E-state index in [1.54, 1.807) is 6.08 Å². The van der Waals surface area contributed by atoms with Gasteiger partial charge in [-0.1, -0.05) is 73.3 Å². The molecule has 0 atom stereocenters. The van der Waals surface area contributed by atoms with Crippen molar-refractivity contribution in [3.8, 4) is 0 Å². The summed E-state index contributed by atoms with van der Waals surface area (Å²) in [6, 6.07) is 0. The quantitative estimate of drug-likeness (QED) is 0.171. The lowest BCUT2D eigenvalue weighted by atomic mass is 10.1. The highest BCUT2D eigenvalue weighted by atomic mass is 28.4. The van der Waals surface area contributed by atoms with Gasteiger partial charge in [0.2, 0.25) is 0 Å². The minimum Gasteiger partial charge on any atom is -0.519 e. The molecule has 0 saturated carbocycles. The van der Waals surface area contributed by atoms with Gasteiger partial charge in [-0.05, 0) is 55.5 Å². The van der Waals surface area contributed by atoms with Crippen molar-refractivity contribution in [3.63, 3.8) is 0 Å². The predicted octanol–water partition coefficient (Wildman–Crippen LogP) is 7.76. The van der Waals surface area contributed by atoms with Gasteiger partial charge in [-0.2, -0.15) is 0 Å². The van der Waals surface area contributed by atoms with E-state index in [1.807, 2.05) is 6.08 Å². The second kappa shape index (κ2) is 12.2. The number of rotatable bonds is 12. The average Bonchev–Trinajstić information content (AvgIpc) is 2.53. The molecule has 0 rings (SSSR count). The monoisotopic (exact) mass is 456 g/mol. The first-order chi connectivity index (χ1) is 13.5. The summed E-state index contributed by atoms with van der Waals surface area (Å²) < 4.78 is 11.5. The molecular weight excluding hydrogens is 408 g/mol. The van der Waals surface area contributed by atoms with Gasteiger partial charge in [0.25, 0.3) is 22.6 Å². The molecule has 0 aromatic carbocycles. The summed E-state index contributed by atoms with van der Waals surface area (Å²) in [7, 11) is -4.00. The van der Waals surface area contributed by atoms with Crippen molar-refractivity contribution in [2.24, 2.45) is 0 Å². The van der Waals surface area contributed by atoms with Crippen LogP contribution in [-0.2, 0) is 18.4 Å². The third-order valence-electron chi connectivity index (χ3n) is 6.59. The van der Waals surface area contributed by atoms with E-state index in [4.69, 9.17) is 8.85 Å². The summed E-state index contributed by atoms with van der Waals surface area (Å²) >= 11 is 0. The van der Waals surface area contributed by atoms with E-state index in [-0.39, 0.29) is 22.0 Å². The second-order valence-electron chi connectivity index (χ2n) is 11.5. The van der Waals surface area contributed by atoms with Gasteiger partial charge in [-0.25, -0.2) is 4.79 Å². The van der Waals surface area contributed by atoms with Crippen molar-refractivity contribution >= 4 is 28.6 Å². The largest absolute Gasteiger partial charge is 0.519 e. The Morgan fingerprint density at radius 3 is 1.63 bits per heavy atom. The lowest BCUT2D eigenvalue weighted by Crippen LogP contribution is -2.42. The highest BCUT2D eigenvalue weighted by Crippen LogP contribution is 2.37. The molecule has 0 fully saturated rings. The standard InChI is InChI=1S/C24H48O4Si2/c1-23(2,3)29(7,8)27-21(25)19-17-15-13-11-12-14-16-18-20-22(26)28-30(9,10)24(4,5)6/h17,19H,11-16,18,20H2,1-10H3/b19-17+. The van der Waals surface area contributed by atoms with E-state index < -0.39 is 16.6 Å². The molecule has 0 aliphatic rings. The Hall–Kier alpha value is -0.886. The van der Waals surface area contributed by atoms with E-state index in [1.165, 1.54) is 6.42 Å². The molecule has 0 aliphatic carbocycles. The molecule has 0 saturated heterocycles. The van der Waals surface area contributed by atoms with Crippen LogP contribution in [0.25, 0.3) is 0 Å². The third kappa shape index (κ3) is 11.5. The zero-order valence-corrected chi connectivity index (χ0v) is 23.4. The summed E-state index contributed by atoms with van der Waals surface area (Å²) in [4.78, 5) is 24.1. The van der Waals surface area contributed by atoms with Gasteiger partial charge < -0.3 is 8.85 Å². The van der Waals surface area contributed by atoms with Crippen molar-refractivity contribution < 1.29 is 18.4 Å². The Balaban J connectivity index is 3.84. The molecule has 0 spiro atoms. The smallest absolute Gasteiger partial charge is 0.317 e. The summed E-state index contributed by atoms with van der Waals surface area (Å²) in [6.07, 6.45) is 11.5. The highest BCUT2D eigenvalue weighted by Gasteiger charge is 2.40. The van der Waals surface area contributed by atoms with E-state index in [0.29, 0.717) is 6.42 Å². The van der Waals surface area contributed by atoms with Crippen LogP contribution >= 0.6 is 0 Å². The van der Waals surface area contributed by atoms with Gasteiger partial charge in [0.1, 0.15) is 0 Å². The van der Waals surface area contributed by atoms with E-state index in [0.717, 1.165) is 38.5 Å². The van der Waals surface area contributed by atoms with Crippen molar-refractivity contribution in [2.45, 2.75) is 129 Å². The fourth-order valence-electron chi connectivity index (χ4n) is 2.35. The maximum Gasteiger partial charge on any atom is 0.317 e. The second-order valence-corrected chi connectivity index (χ2v) is 20.9. The van der Waals surface area contributed by atoms with Crippen molar-refractivity contribution in [2.75, 3.05) is 0 Å². The summed E-state index contributed by atoms with van der Waals surface area (Å²) in [5.74, 6) is -0.234. The summed E-state index contributed by atoms with van der Waals surface area (Å²) in [5, 5.41) is 0.108. The third-order valence-corrected chi connectivity index (χ3v) is 15.3. The van der Waals surface area contributed by atoms with Crippen LogP contribution in [0.3, 0.4) is 0 Å². The first-order valence-corrected chi connectivity index (χ1v) is 17.4. The topological polar surface area (TPSA) is 52.6 Å². The Morgan fingerprint density at radius 1 is 0.700 bits per heavy atom. The van der Waals surface area contributed by atoms with E-state index >= 15 is 0 Å². The molecule has 0 aromatic heterocycles. The minimum atomic E-state index is -2.02. The van der Waals surface area contributed by atoms with Crippen LogP contribution < -0.4 is 0 Å². The molecule has 0 aromatic rings. The van der Waals surface area contributed by atoms with Crippen LogP contribution in [0.1, 0.15) is 92.9 Å². The molecule has 0 radical (unpaired) electrons. The molecule has 6 heteroatoms. The molecule has 0 aliphatic heterocycles. The molecule has 4 nitrogen and oxygen atoms in total. The molecule has 176 valence electrons. The first kappa shape index (κ1) is 29.1. The first-order valence-electron chi connectivity index (χ1n) is 11.6. The number of carbonyl (C=O) groups is 2. The fraction of sp³-hybridized carbons (Fsp3) is 0.833. The van der Waals surface area contributed by atoms with E-state index in [2.05, 4.69) is 67.7 Å². The predicted molar refractivity (Wildman–Crippen MR) is 133 cm³/mol. The maximum atomic E-state index is 12.1. The Bertz CT molecular complexity index is 567. The molecule has 0 unspecified atom stereocenters. The van der Waals surface area contributed by atoms with Gasteiger partial charge in [0.05, 0.1) is 0 Å². The van der Waals surface area contributed by atoms with Crippen molar-refractivity contribution in [3.05, 3.63) is 12.2 Å². The van der Waals surface area contributed by atoms with Crippen LogP contribution in [0.5, 0.6) is 0 Å². The molecular formula is C24H48O4Si2. The zero-order chi connectivity index (χ0) is 23.6. The van der Waals surface area contributed by atoms with Gasteiger partial charge in [-0.15, -0.1) is 0 Å². The maximum absolute atomic E-state index is 12.1. The van der Waals surface area contributed by atoms with Gasteiger partial charge in [-0.3, -0.25) is 4.79 Å². The molecule has 30 heavy (non-hydrogen) atoms. The molecule has 0 bridgehead atoms. The molecule has 0 amide bonds. The van der Waals surface area contributed by atoms with Crippen molar-refractivity contribution in [1.29, 1.82) is 0 Å². The summed E-state index contributed by atoms with van der Waals surface area (Å²) in [6.45, 7) is 21.3. The van der Waals surface area contributed by atoms with E-state index in [9.17, 15) is 9.59 Å². The number of allylic oxidation sites excluding steroid dienone is 1. The number of carbonyl (C=O) groups excluding carboxylic acids is 2. The lowest BCUT2D eigenvalue weighted by molar-refractivity contribution is -0.135. The number of hydrogen-bond donors (Lipinski definition) is 0. The van der Waals surface area contributed by atoms with Gasteiger partial charge >= 0.3 is 5.97 Å². The van der Waals surface area contributed by atoms with Crippen molar-refractivity contribution in [1.82, 2.24) is 0 Å². The Kier molecular flexibility index (Phi) is 11.9. The minimum absolute atomic E-state index is 0.0312. The van der Waals surface area contributed by atoms with Gasteiger partial charge in [0.15, 0.2) is 0 Å². The van der Waals surface area contributed by atoms with Gasteiger partial charge in [0, 0.05) is 12.5 Å². The Labute approximate surface area is 188 Å². The zero-order valence-electron chi connectivity index (χ0n) is 21.4. The van der Waals surface area contributed by atoms with Crippen LogP contribution in [-0.4, -0.2) is 28.6 Å². The number of unbranched alkanes of at least 4 members (excludes halogenated alkanes) is 6. The van der Waals surface area contributed by atoms with Crippen LogP contribution in [0.15, 0.2) is 12.2 Å².